The summed E-state index contributed by atoms with van der Waals surface area (Å²) in [5.74, 6) is -0.261. The number of esters is 1. The molecule has 18 heavy (non-hydrogen) atoms. The molecule has 1 aliphatic rings. The van der Waals surface area contributed by atoms with E-state index in [2.05, 4.69) is 0 Å². The van der Waals surface area contributed by atoms with Crippen molar-refractivity contribution in [1.82, 2.24) is 0 Å². The standard InChI is InChI=1S/C15H18O3/c1-2-14(12-6-4-3-5-7-12)15(16)18-11-9-13-8-10-17-13/h2-7,13H,8-11H2,1H3. The number of benzene rings is 1. The summed E-state index contributed by atoms with van der Waals surface area (Å²) >= 11 is 0. The van der Waals surface area contributed by atoms with Gasteiger partial charge < -0.3 is 9.47 Å². The third kappa shape index (κ3) is 3.20. The molecule has 1 unspecified atom stereocenters. The molecule has 0 amide bonds. The fraction of sp³-hybridized carbons (Fsp3) is 0.400. The summed E-state index contributed by atoms with van der Waals surface area (Å²) in [6.07, 6.45) is 3.94. The molecule has 1 atom stereocenters. The van der Waals surface area contributed by atoms with Crippen LogP contribution in [0.3, 0.4) is 0 Å². The highest BCUT2D eigenvalue weighted by molar-refractivity contribution is 6.16. The van der Waals surface area contributed by atoms with Crippen molar-refractivity contribution in [2.24, 2.45) is 0 Å². The number of rotatable bonds is 5. The van der Waals surface area contributed by atoms with Gasteiger partial charge in [0.05, 0.1) is 18.3 Å². The van der Waals surface area contributed by atoms with E-state index >= 15 is 0 Å². The lowest BCUT2D eigenvalue weighted by molar-refractivity contribution is -0.138. The van der Waals surface area contributed by atoms with Crippen LogP contribution in [0.1, 0.15) is 25.3 Å². The van der Waals surface area contributed by atoms with Crippen molar-refractivity contribution in [3.05, 3.63) is 42.0 Å². The average Bonchev–Trinajstić information content (AvgIpc) is 2.34. The smallest absolute Gasteiger partial charge is 0.338 e. The molecule has 1 aliphatic heterocycles. The number of carbonyl (C=O) groups excluding carboxylic acids is 1. The van der Waals surface area contributed by atoms with Gasteiger partial charge in [-0.3, -0.25) is 0 Å². The zero-order valence-electron chi connectivity index (χ0n) is 10.6. The number of hydrogen-bond acceptors (Lipinski definition) is 3. The quantitative estimate of drug-likeness (QED) is 0.592. The largest absolute Gasteiger partial charge is 0.462 e. The number of ether oxygens (including phenoxy) is 2. The van der Waals surface area contributed by atoms with Crippen LogP contribution in [-0.2, 0) is 14.3 Å². The number of allylic oxidation sites excluding steroid dienone is 1. The van der Waals surface area contributed by atoms with Gasteiger partial charge in [0, 0.05) is 13.0 Å². The summed E-state index contributed by atoms with van der Waals surface area (Å²) in [4.78, 5) is 11.9. The van der Waals surface area contributed by atoms with Crippen molar-refractivity contribution >= 4 is 11.5 Å². The van der Waals surface area contributed by atoms with E-state index in [1.54, 1.807) is 6.08 Å². The first-order valence-corrected chi connectivity index (χ1v) is 6.31. The van der Waals surface area contributed by atoms with Crippen LogP contribution in [0.15, 0.2) is 36.4 Å². The summed E-state index contributed by atoms with van der Waals surface area (Å²) in [5, 5.41) is 0. The molecule has 0 aromatic heterocycles. The highest BCUT2D eigenvalue weighted by Crippen LogP contribution is 2.17. The van der Waals surface area contributed by atoms with Crippen molar-refractivity contribution in [2.75, 3.05) is 13.2 Å². The predicted octanol–water partition coefficient (Wildman–Crippen LogP) is 2.81. The molecule has 0 N–H and O–H groups in total. The zero-order chi connectivity index (χ0) is 12.8. The molecule has 1 heterocycles. The molecule has 0 saturated carbocycles. The third-order valence-electron chi connectivity index (χ3n) is 3.06. The van der Waals surface area contributed by atoms with E-state index in [0.717, 1.165) is 25.0 Å². The molecule has 0 spiro atoms. The maximum absolute atomic E-state index is 11.9. The van der Waals surface area contributed by atoms with Gasteiger partial charge in [0.15, 0.2) is 0 Å². The fourth-order valence-electron chi connectivity index (χ4n) is 1.89. The molecule has 1 saturated heterocycles. The van der Waals surface area contributed by atoms with Crippen molar-refractivity contribution in [3.8, 4) is 0 Å². The third-order valence-corrected chi connectivity index (χ3v) is 3.06. The zero-order valence-corrected chi connectivity index (χ0v) is 10.6. The Morgan fingerprint density at radius 1 is 1.44 bits per heavy atom. The second kappa shape index (κ2) is 6.36. The van der Waals surface area contributed by atoms with Gasteiger partial charge in [-0.2, -0.15) is 0 Å². The van der Waals surface area contributed by atoms with Crippen LogP contribution >= 0.6 is 0 Å². The van der Waals surface area contributed by atoms with Crippen molar-refractivity contribution in [2.45, 2.75) is 25.9 Å². The summed E-state index contributed by atoms with van der Waals surface area (Å²) in [6.45, 7) is 3.11. The molecule has 96 valence electrons. The van der Waals surface area contributed by atoms with Gasteiger partial charge in [0.2, 0.25) is 0 Å². The molecule has 0 radical (unpaired) electrons. The van der Waals surface area contributed by atoms with E-state index in [0.29, 0.717) is 12.2 Å². The Labute approximate surface area is 107 Å². The van der Waals surface area contributed by atoms with Crippen LogP contribution in [0, 0.1) is 0 Å². The van der Waals surface area contributed by atoms with E-state index in [9.17, 15) is 4.79 Å². The SMILES string of the molecule is CC=C(C(=O)OCCC1CCO1)c1ccccc1. The Balaban J connectivity index is 1.86. The van der Waals surface area contributed by atoms with Crippen LogP contribution < -0.4 is 0 Å². The topological polar surface area (TPSA) is 35.5 Å². The number of hydrogen-bond donors (Lipinski definition) is 0. The highest BCUT2D eigenvalue weighted by Gasteiger charge is 2.19. The molecule has 3 heteroatoms. The molecule has 3 nitrogen and oxygen atoms in total. The molecule has 1 aromatic carbocycles. The lowest BCUT2D eigenvalue weighted by Crippen LogP contribution is -2.28. The van der Waals surface area contributed by atoms with E-state index in [1.165, 1.54) is 0 Å². The molecule has 1 fully saturated rings. The lowest BCUT2D eigenvalue weighted by atomic mass is 10.1. The first-order valence-electron chi connectivity index (χ1n) is 6.31. The van der Waals surface area contributed by atoms with Crippen LogP contribution in [0.4, 0.5) is 0 Å². The van der Waals surface area contributed by atoms with E-state index in [1.807, 2.05) is 37.3 Å². The summed E-state index contributed by atoms with van der Waals surface area (Å²) in [7, 11) is 0. The Morgan fingerprint density at radius 2 is 2.17 bits per heavy atom. The monoisotopic (exact) mass is 246 g/mol. The minimum absolute atomic E-state index is 0.261. The Kier molecular flexibility index (Phi) is 4.53. The van der Waals surface area contributed by atoms with Gasteiger partial charge in [-0.15, -0.1) is 0 Å². The van der Waals surface area contributed by atoms with Crippen molar-refractivity contribution < 1.29 is 14.3 Å². The Morgan fingerprint density at radius 3 is 2.72 bits per heavy atom. The van der Waals surface area contributed by atoms with Crippen molar-refractivity contribution in [3.63, 3.8) is 0 Å². The molecule has 0 bridgehead atoms. The van der Waals surface area contributed by atoms with E-state index < -0.39 is 0 Å². The van der Waals surface area contributed by atoms with Crippen molar-refractivity contribution in [1.29, 1.82) is 0 Å². The first-order chi connectivity index (χ1) is 8.81. The minimum atomic E-state index is -0.261. The lowest BCUT2D eigenvalue weighted by Gasteiger charge is -2.26. The van der Waals surface area contributed by atoms with Gasteiger partial charge >= 0.3 is 5.97 Å². The molecule has 1 aromatic rings. The predicted molar refractivity (Wildman–Crippen MR) is 70.0 cm³/mol. The molecular weight excluding hydrogens is 228 g/mol. The van der Waals surface area contributed by atoms with E-state index in [4.69, 9.17) is 9.47 Å². The Bertz CT molecular complexity index is 419. The molecule has 0 aliphatic carbocycles. The molecule has 2 rings (SSSR count). The van der Waals surface area contributed by atoms with Gasteiger partial charge in [0.1, 0.15) is 0 Å². The van der Waals surface area contributed by atoms with Crippen LogP contribution in [0.25, 0.3) is 5.57 Å². The minimum Gasteiger partial charge on any atom is -0.462 e. The summed E-state index contributed by atoms with van der Waals surface area (Å²) < 4.78 is 10.5. The fourth-order valence-corrected chi connectivity index (χ4v) is 1.89. The second-order valence-corrected chi connectivity index (χ2v) is 4.27. The van der Waals surface area contributed by atoms with Gasteiger partial charge in [-0.1, -0.05) is 36.4 Å². The average molecular weight is 246 g/mol. The first kappa shape index (κ1) is 12.8. The van der Waals surface area contributed by atoms with Gasteiger partial charge in [0.25, 0.3) is 0 Å². The highest BCUT2D eigenvalue weighted by atomic mass is 16.5. The maximum Gasteiger partial charge on any atom is 0.338 e. The summed E-state index contributed by atoms with van der Waals surface area (Å²) in [5.41, 5.74) is 1.51. The second-order valence-electron chi connectivity index (χ2n) is 4.27. The van der Waals surface area contributed by atoms with Crippen LogP contribution in [-0.4, -0.2) is 25.3 Å². The maximum atomic E-state index is 11.9. The summed E-state index contributed by atoms with van der Waals surface area (Å²) in [6, 6.07) is 9.57. The normalized spacial score (nSPS) is 19.2. The van der Waals surface area contributed by atoms with Gasteiger partial charge in [-0.25, -0.2) is 4.79 Å². The van der Waals surface area contributed by atoms with E-state index in [-0.39, 0.29) is 12.1 Å². The van der Waals surface area contributed by atoms with Gasteiger partial charge in [-0.05, 0) is 18.9 Å². The van der Waals surface area contributed by atoms with Crippen LogP contribution in [0.5, 0.6) is 0 Å². The molecular formula is C15H18O3. The Hall–Kier alpha value is -1.61. The van der Waals surface area contributed by atoms with Crippen LogP contribution in [0.2, 0.25) is 0 Å². The number of carbonyl (C=O) groups is 1.